The third kappa shape index (κ3) is 5.48. The monoisotopic (exact) mass is 424 g/mol. The minimum atomic E-state index is -3.13. The summed E-state index contributed by atoms with van der Waals surface area (Å²) in [4.78, 5) is 4.75. The zero-order valence-electron chi connectivity index (χ0n) is 17.5. The van der Waals surface area contributed by atoms with Crippen LogP contribution in [-0.4, -0.2) is 56.7 Å². The van der Waals surface area contributed by atoms with E-state index in [0.717, 1.165) is 43.8 Å². The quantitative estimate of drug-likeness (QED) is 0.497. The molecule has 1 saturated carbocycles. The number of nitrogens with zero attached hydrogens (tertiary/aromatic N) is 2. The van der Waals surface area contributed by atoms with Gasteiger partial charge in [0.05, 0.1) is 12.3 Å². The smallest absolute Gasteiger partial charge is 0.214 e. The summed E-state index contributed by atoms with van der Waals surface area (Å²) in [7, 11) is -3.13. The Balaban J connectivity index is 1.59. The molecule has 0 aromatic heterocycles. The van der Waals surface area contributed by atoms with Gasteiger partial charge in [-0.3, -0.25) is 4.99 Å². The first-order valence-electron chi connectivity index (χ1n) is 10.7. The summed E-state index contributed by atoms with van der Waals surface area (Å²) in [5.74, 6) is 0.789. The van der Waals surface area contributed by atoms with E-state index in [1.165, 1.54) is 6.07 Å². The second kappa shape index (κ2) is 9.43. The van der Waals surface area contributed by atoms with Crippen LogP contribution in [0.3, 0.4) is 0 Å². The van der Waals surface area contributed by atoms with Gasteiger partial charge in [-0.1, -0.05) is 25.1 Å². The molecule has 162 valence electrons. The molecule has 1 aromatic rings. The maximum atomic E-state index is 14.2. The Morgan fingerprint density at radius 1 is 1.24 bits per heavy atom. The summed E-state index contributed by atoms with van der Waals surface area (Å²) in [5.41, 5.74) is 0.569. The summed E-state index contributed by atoms with van der Waals surface area (Å²) < 4.78 is 40.3. The van der Waals surface area contributed by atoms with Gasteiger partial charge in [0.25, 0.3) is 0 Å². The number of hydrogen-bond donors (Lipinski definition) is 2. The Morgan fingerprint density at radius 2 is 1.93 bits per heavy atom. The van der Waals surface area contributed by atoms with E-state index in [9.17, 15) is 12.8 Å². The minimum absolute atomic E-state index is 0.154. The van der Waals surface area contributed by atoms with Crippen molar-refractivity contribution in [1.29, 1.82) is 0 Å². The molecule has 0 bridgehead atoms. The molecule has 1 aliphatic heterocycles. The molecule has 2 aliphatic rings. The molecule has 6 nitrogen and oxygen atoms in total. The summed E-state index contributed by atoms with van der Waals surface area (Å²) >= 11 is 0. The van der Waals surface area contributed by atoms with Crippen LogP contribution in [0.15, 0.2) is 29.3 Å². The van der Waals surface area contributed by atoms with E-state index in [4.69, 9.17) is 4.99 Å². The molecule has 0 spiro atoms. The van der Waals surface area contributed by atoms with Crippen LogP contribution in [-0.2, 0) is 15.4 Å². The Kier molecular flexibility index (Phi) is 7.16. The Hall–Kier alpha value is -1.67. The second-order valence-electron chi connectivity index (χ2n) is 8.09. The van der Waals surface area contributed by atoms with Crippen LogP contribution in [0, 0.1) is 5.82 Å². The maximum absolute atomic E-state index is 14.2. The summed E-state index contributed by atoms with van der Waals surface area (Å²) in [6.07, 6.45) is 4.05. The van der Waals surface area contributed by atoms with E-state index in [2.05, 4.69) is 10.6 Å². The Labute approximate surface area is 174 Å². The minimum Gasteiger partial charge on any atom is -0.357 e. The lowest BCUT2D eigenvalue weighted by Crippen LogP contribution is -2.50. The maximum Gasteiger partial charge on any atom is 0.214 e. The largest absolute Gasteiger partial charge is 0.357 e. The first-order valence-corrected chi connectivity index (χ1v) is 12.3. The van der Waals surface area contributed by atoms with Gasteiger partial charge in [-0.25, -0.2) is 17.1 Å². The molecule has 1 aromatic carbocycles. The predicted octanol–water partition coefficient (Wildman–Crippen LogP) is 2.62. The number of halogens is 1. The van der Waals surface area contributed by atoms with Gasteiger partial charge >= 0.3 is 0 Å². The molecule has 8 heteroatoms. The summed E-state index contributed by atoms with van der Waals surface area (Å²) in [5, 5.41) is 6.72. The fourth-order valence-corrected chi connectivity index (χ4v) is 5.51. The number of piperidine rings is 1. The van der Waals surface area contributed by atoms with E-state index in [1.54, 1.807) is 10.4 Å². The molecule has 1 saturated heterocycles. The zero-order valence-corrected chi connectivity index (χ0v) is 18.3. The molecule has 0 atom stereocenters. The van der Waals surface area contributed by atoms with Crippen molar-refractivity contribution < 1.29 is 12.8 Å². The highest BCUT2D eigenvalue weighted by molar-refractivity contribution is 7.89. The highest BCUT2D eigenvalue weighted by atomic mass is 32.2. The van der Waals surface area contributed by atoms with Crippen molar-refractivity contribution in [2.24, 2.45) is 4.99 Å². The first kappa shape index (κ1) is 22.0. The lowest BCUT2D eigenvalue weighted by molar-refractivity contribution is 0.306. The summed E-state index contributed by atoms with van der Waals surface area (Å²) in [6, 6.07) is 7.17. The molecular formula is C21H33FN4O2S. The number of sulfonamides is 1. The fraction of sp³-hybridized carbons (Fsp3) is 0.667. The average Bonchev–Trinajstić information content (AvgIpc) is 3.48. The molecule has 0 amide bonds. The number of nitrogens with one attached hydrogen (secondary N) is 2. The predicted molar refractivity (Wildman–Crippen MR) is 115 cm³/mol. The number of hydrogen-bond acceptors (Lipinski definition) is 3. The Bertz CT molecular complexity index is 816. The Morgan fingerprint density at radius 3 is 2.52 bits per heavy atom. The number of aliphatic imine (C=N–C) groups is 1. The van der Waals surface area contributed by atoms with E-state index >= 15 is 0 Å². The molecule has 0 radical (unpaired) electrons. The lowest BCUT2D eigenvalue weighted by Gasteiger charge is -2.32. The van der Waals surface area contributed by atoms with Gasteiger partial charge in [0, 0.05) is 31.1 Å². The molecule has 3 rings (SSSR count). The molecule has 0 unspecified atom stereocenters. The number of rotatable bonds is 8. The number of benzene rings is 1. The van der Waals surface area contributed by atoms with Gasteiger partial charge in [0.15, 0.2) is 5.96 Å². The van der Waals surface area contributed by atoms with Gasteiger partial charge in [0.1, 0.15) is 5.82 Å². The van der Waals surface area contributed by atoms with Crippen LogP contribution in [0.1, 0.15) is 51.5 Å². The molecule has 2 fully saturated rings. The van der Waals surface area contributed by atoms with Crippen molar-refractivity contribution in [2.45, 2.75) is 57.4 Å². The second-order valence-corrected chi connectivity index (χ2v) is 10.2. The average molecular weight is 425 g/mol. The molecular weight excluding hydrogens is 391 g/mol. The van der Waals surface area contributed by atoms with Crippen LogP contribution < -0.4 is 10.6 Å². The van der Waals surface area contributed by atoms with Crippen molar-refractivity contribution in [3.63, 3.8) is 0 Å². The molecule has 1 heterocycles. The molecule has 2 N–H and O–H groups in total. The highest BCUT2D eigenvalue weighted by Gasteiger charge is 2.45. The summed E-state index contributed by atoms with van der Waals surface area (Å²) in [6.45, 7) is 6.27. The van der Waals surface area contributed by atoms with Crippen molar-refractivity contribution in [1.82, 2.24) is 14.9 Å². The van der Waals surface area contributed by atoms with E-state index in [-0.39, 0.29) is 23.0 Å². The SMILES string of the molecule is CCCS(=O)(=O)N1CCC(NC(=NCC2(c3ccccc3F)CC2)NCC)CC1. The van der Waals surface area contributed by atoms with Crippen LogP contribution in [0.5, 0.6) is 0 Å². The topological polar surface area (TPSA) is 73.8 Å². The van der Waals surface area contributed by atoms with Crippen LogP contribution >= 0.6 is 0 Å². The lowest BCUT2D eigenvalue weighted by atomic mass is 9.95. The zero-order chi connectivity index (χ0) is 20.9. The normalized spacial score (nSPS) is 20.4. The van der Waals surface area contributed by atoms with Crippen LogP contribution in [0.25, 0.3) is 0 Å². The van der Waals surface area contributed by atoms with Crippen molar-refractivity contribution in [2.75, 3.05) is 31.9 Å². The highest BCUT2D eigenvalue weighted by Crippen LogP contribution is 2.49. The van der Waals surface area contributed by atoms with Gasteiger partial charge in [-0.15, -0.1) is 0 Å². The van der Waals surface area contributed by atoms with Crippen LogP contribution in [0.4, 0.5) is 4.39 Å². The molecule has 1 aliphatic carbocycles. The van der Waals surface area contributed by atoms with E-state index in [1.807, 2.05) is 26.0 Å². The van der Waals surface area contributed by atoms with Gasteiger partial charge in [0.2, 0.25) is 10.0 Å². The van der Waals surface area contributed by atoms with Crippen molar-refractivity contribution in [3.8, 4) is 0 Å². The van der Waals surface area contributed by atoms with Gasteiger partial charge < -0.3 is 10.6 Å². The standard InChI is InChI=1S/C21H33FN4O2S/c1-3-15-29(27,28)26-13-9-17(10-14-26)25-20(23-4-2)24-16-21(11-12-21)18-7-5-6-8-19(18)22/h5-8,17H,3-4,9-16H2,1-2H3,(H2,23,24,25). The third-order valence-corrected chi connectivity index (χ3v) is 7.91. The first-order chi connectivity index (χ1) is 13.9. The van der Waals surface area contributed by atoms with Gasteiger partial charge in [-0.05, 0) is 50.7 Å². The van der Waals surface area contributed by atoms with Crippen molar-refractivity contribution in [3.05, 3.63) is 35.6 Å². The van der Waals surface area contributed by atoms with Crippen molar-refractivity contribution >= 4 is 16.0 Å². The third-order valence-electron chi connectivity index (χ3n) is 5.83. The fourth-order valence-electron chi connectivity index (χ4n) is 3.96. The number of guanidine groups is 1. The van der Waals surface area contributed by atoms with E-state index in [0.29, 0.717) is 26.1 Å². The van der Waals surface area contributed by atoms with Gasteiger partial charge in [-0.2, -0.15) is 0 Å². The molecule has 29 heavy (non-hydrogen) atoms. The van der Waals surface area contributed by atoms with Crippen LogP contribution in [0.2, 0.25) is 0 Å². The van der Waals surface area contributed by atoms with E-state index < -0.39 is 10.0 Å².